The van der Waals surface area contributed by atoms with Crippen LogP contribution in [0.2, 0.25) is 0 Å². The number of aryl methyl sites for hydroxylation is 1. The summed E-state index contributed by atoms with van der Waals surface area (Å²) < 4.78 is 5.67. The molecule has 0 saturated heterocycles. The molecule has 1 heterocycles. The Morgan fingerprint density at radius 3 is 2.81 bits per heavy atom. The molecule has 0 radical (unpaired) electrons. The molecule has 6 heteroatoms. The van der Waals surface area contributed by atoms with Crippen molar-refractivity contribution in [2.75, 3.05) is 5.32 Å². The molecule has 1 aromatic carbocycles. The van der Waals surface area contributed by atoms with Gasteiger partial charge in [0, 0.05) is 3.57 Å². The Hall–Kier alpha value is -1.44. The lowest BCUT2D eigenvalue weighted by molar-refractivity contribution is 0.102. The van der Waals surface area contributed by atoms with Gasteiger partial charge >= 0.3 is 6.01 Å². The SMILES string of the molecule is Cc1noc(NC(=O)c2ccccc2I)n1. The summed E-state index contributed by atoms with van der Waals surface area (Å²) in [6.07, 6.45) is 0. The molecule has 0 aliphatic carbocycles. The zero-order valence-corrected chi connectivity index (χ0v) is 10.6. The van der Waals surface area contributed by atoms with Crippen molar-refractivity contribution in [1.82, 2.24) is 10.1 Å². The predicted octanol–water partition coefficient (Wildman–Crippen LogP) is 2.23. The first-order chi connectivity index (χ1) is 7.66. The summed E-state index contributed by atoms with van der Waals surface area (Å²) in [5.74, 6) is 0.228. The maximum atomic E-state index is 11.8. The number of hydrogen-bond acceptors (Lipinski definition) is 4. The quantitative estimate of drug-likeness (QED) is 0.858. The van der Waals surface area contributed by atoms with Gasteiger partial charge in [-0.25, -0.2) is 0 Å². The Bertz CT molecular complexity index is 524. The van der Waals surface area contributed by atoms with Crippen molar-refractivity contribution in [3.05, 3.63) is 39.2 Å². The number of nitrogens with zero attached hydrogens (tertiary/aromatic N) is 2. The molecule has 0 saturated carbocycles. The molecule has 16 heavy (non-hydrogen) atoms. The molecule has 0 bridgehead atoms. The molecule has 0 aliphatic heterocycles. The molecular weight excluding hydrogens is 321 g/mol. The fourth-order valence-corrected chi connectivity index (χ4v) is 1.79. The molecule has 5 nitrogen and oxygen atoms in total. The summed E-state index contributed by atoms with van der Waals surface area (Å²) in [6.45, 7) is 1.69. The summed E-state index contributed by atoms with van der Waals surface area (Å²) in [6, 6.07) is 7.38. The Morgan fingerprint density at radius 1 is 1.44 bits per heavy atom. The second-order valence-corrected chi connectivity index (χ2v) is 4.24. The fraction of sp³-hybridized carbons (Fsp3) is 0.100. The minimum Gasteiger partial charge on any atom is -0.315 e. The van der Waals surface area contributed by atoms with E-state index in [0.29, 0.717) is 11.4 Å². The van der Waals surface area contributed by atoms with E-state index in [9.17, 15) is 4.79 Å². The number of carbonyl (C=O) groups excluding carboxylic acids is 1. The molecule has 0 aliphatic rings. The lowest BCUT2D eigenvalue weighted by Crippen LogP contribution is -2.13. The van der Waals surface area contributed by atoms with Gasteiger partial charge in [-0.15, -0.1) is 0 Å². The molecule has 2 rings (SSSR count). The maximum Gasteiger partial charge on any atom is 0.328 e. The predicted molar refractivity (Wildman–Crippen MR) is 66.1 cm³/mol. The summed E-state index contributed by atoms with van der Waals surface area (Å²) in [7, 11) is 0. The molecule has 2 aromatic rings. The van der Waals surface area contributed by atoms with Crippen LogP contribution in [-0.2, 0) is 0 Å². The van der Waals surface area contributed by atoms with Crippen LogP contribution in [-0.4, -0.2) is 16.0 Å². The van der Waals surface area contributed by atoms with Crippen LogP contribution in [0.5, 0.6) is 0 Å². The van der Waals surface area contributed by atoms with Crippen molar-refractivity contribution in [2.24, 2.45) is 0 Å². The second-order valence-electron chi connectivity index (χ2n) is 3.08. The second kappa shape index (κ2) is 4.60. The van der Waals surface area contributed by atoms with Gasteiger partial charge in [-0.2, -0.15) is 4.98 Å². The van der Waals surface area contributed by atoms with E-state index in [4.69, 9.17) is 4.52 Å². The van der Waals surface area contributed by atoms with Crippen molar-refractivity contribution in [1.29, 1.82) is 0 Å². The van der Waals surface area contributed by atoms with Crippen molar-refractivity contribution in [3.63, 3.8) is 0 Å². The number of rotatable bonds is 2. The van der Waals surface area contributed by atoms with Gasteiger partial charge in [0.25, 0.3) is 5.91 Å². The first kappa shape index (κ1) is 11.1. The number of aromatic nitrogens is 2. The Balaban J connectivity index is 2.18. The summed E-state index contributed by atoms with van der Waals surface area (Å²) in [5.41, 5.74) is 0.582. The van der Waals surface area contributed by atoms with E-state index in [2.05, 4.69) is 38.0 Å². The molecular formula is C10H8IN3O2. The molecule has 0 unspecified atom stereocenters. The highest BCUT2D eigenvalue weighted by Gasteiger charge is 2.12. The Kier molecular flexibility index (Phi) is 3.18. The average molecular weight is 329 g/mol. The third-order valence-electron chi connectivity index (χ3n) is 1.87. The van der Waals surface area contributed by atoms with Gasteiger partial charge in [0.1, 0.15) is 0 Å². The first-order valence-corrected chi connectivity index (χ1v) is 5.61. The third kappa shape index (κ3) is 2.38. The van der Waals surface area contributed by atoms with Gasteiger partial charge in [-0.1, -0.05) is 17.3 Å². The third-order valence-corrected chi connectivity index (χ3v) is 2.81. The van der Waals surface area contributed by atoms with Crippen LogP contribution in [0.4, 0.5) is 6.01 Å². The Morgan fingerprint density at radius 2 is 2.19 bits per heavy atom. The van der Waals surface area contributed by atoms with Gasteiger partial charge in [0.2, 0.25) is 0 Å². The largest absolute Gasteiger partial charge is 0.328 e. The Labute approximate surface area is 105 Å². The van der Waals surface area contributed by atoms with E-state index in [1.165, 1.54) is 0 Å². The van der Waals surface area contributed by atoms with E-state index >= 15 is 0 Å². The van der Waals surface area contributed by atoms with Gasteiger partial charge in [-0.3, -0.25) is 10.1 Å². The molecule has 0 atom stereocenters. The lowest BCUT2D eigenvalue weighted by Gasteiger charge is -2.01. The number of nitrogens with one attached hydrogen (secondary N) is 1. The molecule has 1 aromatic heterocycles. The smallest absolute Gasteiger partial charge is 0.315 e. The number of halogens is 1. The highest BCUT2D eigenvalue weighted by molar-refractivity contribution is 14.1. The molecule has 1 amide bonds. The van der Waals surface area contributed by atoms with Crippen LogP contribution >= 0.6 is 22.6 Å². The number of hydrogen-bond donors (Lipinski definition) is 1. The zero-order valence-electron chi connectivity index (χ0n) is 8.40. The normalized spacial score (nSPS) is 10.1. The van der Waals surface area contributed by atoms with Crippen LogP contribution in [0.15, 0.2) is 28.8 Å². The van der Waals surface area contributed by atoms with Gasteiger partial charge in [0.15, 0.2) is 5.82 Å². The molecule has 0 spiro atoms. The highest BCUT2D eigenvalue weighted by Crippen LogP contribution is 2.13. The summed E-state index contributed by atoms with van der Waals surface area (Å²) >= 11 is 2.10. The van der Waals surface area contributed by atoms with Crippen molar-refractivity contribution in [3.8, 4) is 0 Å². The van der Waals surface area contributed by atoms with Crippen LogP contribution < -0.4 is 5.32 Å². The summed E-state index contributed by atoms with van der Waals surface area (Å²) in [5, 5.41) is 6.12. The number of carbonyl (C=O) groups is 1. The average Bonchev–Trinajstić information content (AvgIpc) is 2.64. The van der Waals surface area contributed by atoms with Crippen LogP contribution in [0, 0.1) is 10.5 Å². The van der Waals surface area contributed by atoms with Crippen LogP contribution in [0.1, 0.15) is 16.2 Å². The first-order valence-electron chi connectivity index (χ1n) is 4.53. The van der Waals surface area contributed by atoms with Crippen molar-refractivity contribution < 1.29 is 9.32 Å². The van der Waals surface area contributed by atoms with Crippen LogP contribution in [0.25, 0.3) is 0 Å². The van der Waals surface area contributed by atoms with Crippen LogP contribution in [0.3, 0.4) is 0 Å². The van der Waals surface area contributed by atoms with Gasteiger partial charge < -0.3 is 4.52 Å². The minimum absolute atomic E-state index is 0.113. The lowest BCUT2D eigenvalue weighted by atomic mass is 10.2. The van der Waals surface area contributed by atoms with E-state index < -0.39 is 0 Å². The highest BCUT2D eigenvalue weighted by atomic mass is 127. The number of amides is 1. The minimum atomic E-state index is -0.256. The van der Waals surface area contributed by atoms with Gasteiger partial charge in [0.05, 0.1) is 5.56 Å². The molecule has 1 N–H and O–H groups in total. The maximum absolute atomic E-state index is 11.8. The molecule has 0 fully saturated rings. The van der Waals surface area contributed by atoms with Crippen molar-refractivity contribution in [2.45, 2.75) is 6.92 Å². The van der Waals surface area contributed by atoms with Gasteiger partial charge in [-0.05, 0) is 41.6 Å². The summed E-state index contributed by atoms with van der Waals surface area (Å²) in [4.78, 5) is 15.7. The standard InChI is InChI=1S/C10H8IN3O2/c1-6-12-10(16-14-6)13-9(15)7-4-2-3-5-8(7)11/h2-5H,1H3,(H,12,13,14,15). The zero-order chi connectivity index (χ0) is 11.5. The van der Waals surface area contributed by atoms with Crippen molar-refractivity contribution >= 4 is 34.5 Å². The molecule has 82 valence electrons. The number of benzene rings is 1. The monoisotopic (exact) mass is 329 g/mol. The number of anilines is 1. The van der Waals surface area contributed by atoms with E-state index in [1.807, 2.05) is 12.1 Å². The van der Waals surface area contributed by atoms with E-state index in [1.54, 1.807) is 19.1 Å². The van der Waals surface area contributed by atoms with E-state index in [-0.39, 0.29) is 11.9 Å². The fourth-order valence-electron chi connectivity index (χ4n) is 1.16. The topological polar surface area (TPSA) is 68.0 Å². The van der Waals surface area contributed by atoms with E-state index in [0.717, 1.165) is 3.57 Å².